The summed E-state index contributed by atoms with van der Waals surface area (Å²) in [6.45, 7) is 12.6. The minimum Gasteiger partial charge on any atom is -0.314 e. The minimum absolute atomic E-state index is 0.633. The monoisotopic (exact) mass is 199 g/mol. The van der Waals surface area contributed by atoms with Gasteiger partial charge in [-0.2, -0.15) is 0 Å². The number of hydrogen-bond acceptors (Lipinski definition) is 1. The number of hydrogen-bond donors (Lipinski definition) is 1. The molecule has 0 aliphatic rings. The molecule has 0 aromatic carbocycles. The number of rotatable bonds is 8. The summed E-state index contributed by atoms with van der Waals surface area (Å²) in [5, 5.41) is 3.53. The van der Waals surface area contributed by atoms with Gasteiger partial charge >= 0.3 is 0 Å². The van der Waals surface area contributed by atoms with Crippen LogP contribution in [0.2, 0.25) is 0 Å². The highest BCUT2D eigenvalue weighted by atomic mass is 14.9. The van der Waals surface area contributed by atoms with Crippen LogP contribution in [0, 0.1) is 11.8 Å². The summed E-state index contributed by atoms with van der Waals surface area (Å²) in [6.07, 6.45) is 5.50. The van der Waals surface area contributed by atoms with Gasteiger partial charge < -0.3 is 5.32 Å². The molecule has 0 aliphatic carbocycles. The molecule has 14 heavy (non-hydrogen) atoms. The van der Waals surface area contributed by atoms with E-state index in [1.807, 2.05) is 0 Å². The second-order valence-corrected chi connectivity index (χ2v) is 5.16. The van der Waals surface area contributed by atoms with Crippen LogP contribution in [0.4, 0.5) is 0 Å². The molecule has 1 N–H and O–H groups in total. The second kappa shape index (κ2) is 8.28. The molecule has 0 amide bonds. The van der Waals surface area contributed by atoms with E-state index in [-0.39, 0.29) is 0 Å². The van der Waals surface area contributed by atoms with E-state index in [0.717, 1.165) is 11.8 Å². The lowest BCUT2D eigenvalue weighted by Crippen LogP contribution is -2.28. The standard InChI is InChI=1S/C13H29N/c1-6-13(10-14-12(4)5)9-7-8-11(2)3/h11-14H,6-10H2,1-5H3. The Kier molecular flexibility index (Phi) is 8.26. The van der Waals surface area contributed by atoms with Crippen molar-refractivity contribution in [1.82, 2.24) is 5.32 Å². The summed E-state index contributed by atoms with van der Waals surface area (Å²) in [5.74, 6) is 1.75. The summed E-state index contributed by atoms with van der Waals surface area (Å²) in [4.78, 5) is 0. The molecule has 1 heteroatoms. The Labute approximate surface area is 90.7 Å². The molecule has 0 radical (unpaired) electrons. The quantitative estimate of drug-likeness (QED) is 0.626. The molecule has 0 rings (SSSR count). The van der Waals surface area contributed by atoms with E-state index in [9.17, 15) is 0 Å². The maximum absolute atomic E-state index is 3.53. The first-order valence-electron chi connectivity index (χ1n) is 6.29. The average Bonchev–Trinajstić information content (AvgIpc) is 2.10. The third-order valence-corrected chi connectivity index (χ3v) is 2.79. The second-order valence-electron chi connectivity index (χ2n) is 5.16. The van der Waals surface area contributed by atoms with E-state index < -0.39 is 0 Å². The first-order chi connectivity index (χ1) is 6.56. The van der Waals surface area contributed by atoms with Crippen LogP contribution in [-0.4, -0.2) is 12.6 Å². The number of nitrogens with one attached hydrogen (secondary N) is 1. The third kappa shape index (κ3) is 8.55. The van der Waals surface area contributed by atoms with Crippen LogP contribution in [0.1, 0.15) is 60.3 Å². The van der Waals surface area contributed by atoms with Crippen molar-refractivity contribution in [2.45, 2.75) is 66.3 Å². The molecule has 0 aromatic heterocycles. The summed E-state index contributed by atoms with van der Waals surface area (Å²) in [6, 6.07) is 0.633. The van der Waals surface area contributed by atoms with Crippen LogP contribution in [-0.2, 0) is 0 Å². The van der Waals surface area contributed by atoms with Crippen LogP contribution in [0.25, 0.3) is 0 Å². The predicted molar refractivity (Wildman–Crippen MR) is 65.6 cm³/mol. The highest BCUT2D eigenvalue weighted by Crippen LogP contribution is 2.14. The topological polar surface area (TPSA) is 12.0 Å². The first kappa shape index (κ1) is 14.0. The highest BCUT2D eigenvalue weighted by molar-refractivity contribution is 4.63. The van der Waals surface area contributed by atoms with E-state index in [2.05, 4.69) is 39.9 Å². The van der Waals surface area contributed by atoms with Crippen molar-refractivity contribution in [3.05, 3.63) is 0 Å². The fraction of sp³-hybridized carbons (Fsp3) is 1.00. The summed E-state index contributed by atoms with van der Waals surface area (Å²) >= 11 is 0. The van der Waals surface area contributed by atoms with Gasteiger partial charge in [0, 0.05) is 6.04 Å². The van der Waals surface area contributed by atoms with Gasteiger partial charge in [0.05, 0.1) is 0 Å². The SMILES string of the molecule is CCC(CCCC(C)C)CNC(C)C. The smallest absolute Gasteiger partial charge is 0.00104 e. The van der Waals surface area contributed by atoms with Gasteiger partial charge in [-0.1, -0.05) is 53.9 Å². The van der Waals surface area contributed by atoms with Crippen molar-refractivity contribution in [3.63, 3.8) is 0 Å². The lowest BCUT2D eigenvalue weighted by molar-refractivity contribution is 0.386. The summed E-state index contributed by atoms with van der Waals surface area (Å²) in [5.41, 5.74) is 0. The molecule has 0 heterocycles. The fourth-order valence-corrected chi connectivity index (χ4v) is 1.67. The molecular formula is C13H29N. The van der Waals surface area contributed by atoms with E-state index >= 15 is 0 Å². The van der Waals surface area contributed by atoms with Crippen LogP contribution >= 0.6 is 0 Å². The van der Waals surface area contributed by atoms with Gasteiger partial charge in [0.15, 0.2) is 0 Å². The van der Waals surface area contributed by atoms with Crippen molar-refractivity contribution in [2.24, 2.45) is 11.8 Å². The van der Waals surface area contributed by atoms with Crippen LogP contribution in [0.5, 0.6) is 0 Å². The van der Waals surface area contributed by atoms with E-state index in [1.54, 1.807) is 0 Å². The van der Waals surface area contributed by atoms with Crippen molar-refractivity contribution < 1.29 is 0 Å². The Morgan fingerprint density at radius 3 is 2.07 bits per heavy atom. The Morgan fingerprint density at radius 1 is 1.00 bits per heavy atom. The zero-order valence-corrected chi connectivity index (χ0v) is 10.8. The van der Waals surface area contributed by atoms with Crippen molar-refractivity contribution >= 4 is 0 Å². The first-order valence-corrected chi connectivity index (χ1v) is 6.29. The molecule has 0 bridgehead atoms. The Balaban J connectivity index is 3.48. The van der Waals surface area contributed by atoms with Crippen molar-refractivity contribution in [1.29, 1.82) is 0 Å². The fourth-order valence-electron chi connectivity index (χ4n) is 1.67. The zero-order valence-electron chi connectivity index (χ0n) is 10.8. The van der Waals surface area contributed by atoms with Crippen LogP contribution in [0.15, 0.2) is 0 Å². The normalized spacial score (nSPS) is 13.9. The molecule has 0 saturated heterocycles. The Hall–Kier alpha value is -0.0400. The maximum atomic E-state index is 3.53. The lowest BCUT2D eigenvalue weighted by atomic mass is 9.96. The van der Waals surface area contributed by atoms with Gasteiger partial charge in [-0.15, -0.1) is 0 Å². The van der Waals surface area contributed by atoms with Crippen LogP contribution < -0.4 is 5.32 Å². The predicted octanol–water partition coefficient (Wildman–Crippen LogP) is 3.84. The molecule has 0 spiro atoms. The molecule has 0 aromatic rings. The van der Waals surface area contributed by atoms with Gasteiger partial charge in [0.2, 0.25) is 0 Å². The van der Waals surface area contributed by atoms with Crippen molar-refractivity contribution in [3.8, 4) is 0 Å². The largest absolute Gasteiger partial charge is 0.314 e. The zero-order chi connectivity index (χ0) is 11.0. The average molecular weight is 199 g/mol. The molecule has 1 unspecified atom stereocenters. The molecule has 86 valence electrons. The molecule has 1 atom stereocenters. The van der Waals surface area contributed by atoms with Gasteiger partial charge in [0.25, 0.3) is 0 Å². The molecule has 0 fully saturated rings. The van der Waals surface area contributed by atoms with E-state index in [4.69, 9.17) is 0 Å². The van der Waals surface area contributed by atoms with E-state index in [1.165, 1.54) is 32.2 Å². The molecule has 0 saturated carbocycles. The summed E-state index contributed by atoms with van der Waals surface area (Å²) < 4.78 is 0. The minimum atomic E-state index is 0.633. The lowest BCUT2D eigenvalue weighted by Gasteiger charge is -2.17. The van der Waals surface area contributed by atoms with Crippen molar-refractivity contribution in [2.75, 3.05) is 6.54 Å². The maximum Gasteiger partial charge on any atom is 0.00104 e. The van der Waals surface area contributed by atoms with Crippen LogP contribution in [0.3, 0.4) is 0 Å². The van der Waals surface area contributed by atoms with Gasteiger partial charge in [0.1, 0.15) is 0 Å². The highest BCUT2D eigenvalue weighted by Gasteiger charge is 2.06. The Bertz CT molecular complexity index is 118. The van der Waals surface area contributed by atoms with Gasteiger partial charge in [-0.25, -0.2) is 0 Å². The van der Waals surface area contributed by atoms with Gasteiger partial charge in [-0.05, 0) is 24.8 Å². The molecule has 1 nitrogen and oxygen atoms in total. The molecular weight excluding hydrogens is 170 g/mol. The van der Waals surface area contributed by atoms with Gasteiger partial charge in [-0.3, -0.25) is 0 Å². The molecule has 0 aliphatic heterocycles. The summed E-state index contributed by atoms with van der Waals surface area (Å²) in [7, 11) is 0. The Morgan fingerprint density at radius 2 is 1.64 bits per heavy atom. The van der Waals surface area contributed by atoms with E-state index in [0.29, 0.717) is 6.04 Å². The third-order valence-electron chi connectivity index (χ3n) is 2.79.